The average molecular weight is 391 g/mol. The molecule has 0 unspecified atom stereocenters. The molecule has 0 spiro atoms. The maximum absolute atomic E-state index is 5.29. The predicted molar refractivity (Wildman–Crippen MR) is 84.9 cm³/mol. The number of methoxy groups -OCH3 is 1. The summed E-state index contributed by atoms with van der Waals surface area (Å²) in [5, 5.41) is 7.69. The normalized spacial score (nSPS) is 10.4. The molecule has 1 heterocycles. The number of nitrogens with one attached hydrogen (secondary N) is 1. The van der Waals surface area contributed by atoms with Gasteiger partial charge in [-0.2, -0.15) is 11.3 Å². The maximum atomic E-state index is 5.29. The van der Waals surface area contributed by atoms with Gasteiger partial charge in [0.1, 0.15) is 5.75 Å². The lowest BCUT2D eigenvalue weighted by Crippen LogP contribution is -2.05. The summed E-state index contributed by atoms with van der Waals surface area (Å²) >= 11 is 8.74. The van der Waals surface area contributed by atoms with Crippen LogP contribution in [0.2, 0.25) is 0 Å². The van der Waals surface area contributed by atoms with Gasteiger partial charge in [0.2, 0.25) is 0 Å². The third-order valence-electron chi connectivity index (χ3n) is 2.55. The van der Waals surface area contributed by atoms with E-state index in [4.69, 9.17) is 4.74 Å². The summed E-state index contributed by atoms with van der Waals surface area (Å²) in [6, 6.07) is 6.14. The van der Waals surface area contributed by atoms with Crippen LogP contribution >= 0.6 is 43.2 Å². The topological polar surface area (TPSA) is 21.3 Å². The first-order chi connectivity index (χ1) is 8.70. The van der Waals surface area contributed by atoms with Crippen LogP contribution in [0.3, 0.4) is 0 Å². The van der Waals surface area contributed by atoms with Crippen molar-refractivity contribution in [1.29, 1.82) is 0 Å². The third kappa shape index (κ3) is 3.49. The summed E-state index contributed by atoms with van der Waals surface area (Å²) in [4.78, 5) is 0. The van der Waals surface area contributed by atoms with Crippen LogP contribution in [-0.4, -0.2) is 13.7 Å². The van der Waals surface area contributed by atoms with Crippen molar-refractivity contribution < 1.29 is 4.74 Å². The number of anilines is 1. The fraction of sp³-hybridized carbons (Fsp3) is 0.231. The van der Waals surface area contributed by atoms with E-state index in [9.17, 15) is 0 Å². The zero-order valence-electron chi connectivity index (χ0n) is 9.87. The SMILES string of the molecule is COc1cc(NCCc2ccsc2)c(Br)cc1Br. The second-order valence-electron chi connectivity index (χ2n) is 3.77. The van der Waals surface area contributed by atoms with Crippen molar-refractivity contribution in [2.75, 3.05) is 19.0 Å². The molecule has 1 aromatic carbocycles. The lowest BCUT2D eigenvalue weighted by atomic mass is 10.2. The van der Waals surface area contributed by atoms with Crippen molar-refractivity contribution in [3.05, 3.63) is 43.5 Å². The molecule has 1 aromatic heterocycles. The van der Waals surface area contributed by atoms with Gasteiger partial charge < -0.3 is 10.1 Å². The van der Waals surface area contributed by atoms with Crippen LogP contribution in [0, 0.1) is 0 Å². The van der Waals surface area contributed by atoms with E-state index >= 15 is 0 Å². The number of halogens is 2. The van der Waals surface area contributed by atoms with Gasteiger partial charge in [-0.1, -0.05) is 0 Å². The first-order valence-electron chi connectivity index (χ1n) is 5.48. The van der Waals surface area contributed by atoms with Crippen molar-refractivity contribution in [3.8, 4) is 5.75 Å². The molecule has 18 heavy (non-hydrogen) atoms. The number of hydrogen-bond acceptors (Lipinski definition) is 3. The highest BCUT2D eigenvalue weighted by Crippen LogP contribution is 2.34. The van der Waals surface area contributed by atoms with E-state index in [1.165, 1.54) is 5.56 Å². The molecule has 0 atom stereocenters. The summed E-state index contributed by atoms with van der Waals surface area (Å²) in [5.41, 5.74) is 2.41. The number of thiophene rings is 1. The Morgan fingerprint density at radius 3 is 2.78 bits per heavy atom. The standard InChI is InChI=1S/C13H13Br2NOS/c1-17-13-7-12(10(14)6-11(13)15)16-4-2-9-3-5-18-8-9/h3,5-8,16H,2,4H2,1H3. The van der Waals surface area contributed by atoms with Crippen LogP contribution in [0.25, 0.3) is 0 Å². The minimum atomic E-state index is 0.830. The van der Waals surface area contributed by atoms with Crippen LogP contribution in [0.1, 0.15) is 5.56 Å². The number of benzene rings is 1. The minimum absolute atomic E-state index is 0.830. The lowest BCUT2D eigenvalue weighted by molar-refractivity contribution is 0.412. The molecular formula is C13H13Br2NOS. The molecule has 0 saturated carbocycles. The molecule has 0 amide bonds. The zero-order chi connectivity index (χ0) is 13.0. The molecular weight excluding hydrogens is 378 g/mol. The van der Waals surface area contributed by atoms with Crippen molar-refractivity contribution in [2.24, 2.45) is 0 Å². The summed E-state index contributed by atoms with van der Waals surface area (Å²) in [6.45, 7) is 0.903. The third-order valence-corrected chi connectivity index (χ3v) is 4.56. The fourth-order valence-electron chi connectivity index (χ4n) is 1.60. The van der Waals surface area contributed by atoms with Crippen molar-refractivity contribution in [1.82, 2.24) is 0 Å². The van der Waals surface area contributed by atoms with E-state index in [2.05, 4.69) is 54.0 Å². The maximum Gasteiger partial charge on any atom is 0.135 e. The van der Waals surface area contributed by atoms with E-state index < -0.39 is 0 Å². The molecule has 0 aliphatic heterocycles. The van der Waals surface area contributed by atoms with E-state index in [0.717, 1.165) is 33.3 Å². The second-order valence-corrected chi connectivity index (χ2v) is 6.26. The Labute approximate surface area is 128 Å². The molecule has 2 rings (SSSR count). The van der Waals surface area contributed by atoms with E-state index in [-0.39, 0.29) is 0 Å². The molecule has 0 bridgehead atoms. The molecule has 0 fully saturated rings. The van der Waals surface area contributed by atoms with Crippen LogP contribution in [-0.2, 0) is 6.42 Å². The molecule has 0 aliphatic rings. The quantitative estimate of drug-likeness (QED) is 0.780. The van der Waals surface area contributed by atoms with Gasteiger partial charge in [0.15, 0.2) is 0 Å². The van der Waals surface area contributed by atoms with Crippen LogP contribution in [0.4, 0.5) is 5.69 Å². The summed E-state index contributed by atoms with van der Waals surface area (Å²) in [7, 11) is 1.67. The average Bonchev–Trinajstić information content (AvgIpc) is 2.85. The summed E-state index contributed by atoms with van der Waals surface area (Å²) in [6.07, 6.45) is 1.02. The van der Waals surface area contributed by atoms with Crippen molar-refractivity contribution in [2.45, 2.75) is 6.42 Å². The molecule has 96 valence electrons. The first-order valence-corrected chi connectivity index (χ1v) is 8.01. The van der Waals surface area contributed by atoms with E-state index in [0.29, 0.717) is 0 Å². The molecule has 0 radical (unpaired) electrons. The van der Waals surface area contributed by atoms with Crippen LogP contribution in [0.5, 0.6) is 5.75 Å². The van der Waals surface area contributed by atoms with Gasteiger partial charge in [0, 0.05) is 17.1 Å². The van der Waals surface area contributed by atoms with Crippen molar-refractivity contribution >= 4 is 48.9 Å². The number of ether oxygens (including phenoxy) is 1. The minimum Gasteiger partial charge on any atom is -0.495 e. The molecule has 1 N–H and O–H groups in total. The summed E-state index contributed by atoms with van der Waals surface area (Å²) in [5.74, 6) is 0.830. The van der Waals surface area contributed by atoms with Gasteiger partial charge in [-0.3, -0.25) is 0 Å². The Hall–Kier alpha value is -0.520. The van der Waals surface area contributed by atoms with Gasteiger partial charge in [-0.25, -0.2) is 0 Å². The molecule has 0 saturated heterocycles. The Balaban J connectivity index is 2.00. The Morgan fingerprint density at radius 1 is 1.28 bits per heavy atom. The van der Waals surface area contributed by atoms with E-state index in [1.807, 2.05) is 12.1 Å². The summed E-state index contributed by atoms with van der Waals surface area (Å²) < 4.78 is 7.26. The van der Waals surface area contributed by atoms with Crippen molar-refractivity contribution in [3.63, 3.8) is 0 Å². The Kier molecular flexibility index (Phi) is 5.09. The predicted octanol–water partition coefficient (Wildman–Crippen LogP) is 4.94. The first kappa shape index (κ1) is 13.9. The molecule has 2 aromatic rings. The van der Waals surface area contributed by atoms with Crippen LogP contribution < -0.4 is 10.1 Å². The largest absolute Gasteiger partial charge is 0.495 e. The highest BCUT2D eigenvalue weighted by Gasteiger charge is 2.06. The van der Waals surface area contributed by atoms with Gasteiger partial charge >= 0.3 is 0 Å². The fourth-order valence-corrected chi connectivity index (χ4v) is 3.60. The van der Waals surface area contributed by atoms with Gasteiger partial charge in [-0.05, 0) is 66.7 Å². The Morgan fingerprint density at radius 2 is 2.11 bits per heavy atom. The molecule has 2 nitrogen and oxygen atoms in total. The second kappa shape index (κ2) is 6.59. The smallest absolute Gasteiger partial charge is 0.135 e. The zero-order valence-corrected chi connectivity index (χ0v) is 13.9. The van der Waals surface area contributed by atoms with Gasteiger partial charge in [0.25, 0.3) is 0 Å². The van der Waals surface area contributed by atoms with E-state index in [1.54, 1.807) is 18.4 Å². The number of rotatable bonds is 5. The monoisotopic (exact) mass is 389 g/mol. The highest BCUT2D eigenvalue weighted by atomic mass is 79.9. The van der Waals surface area contributed by atoms with Gasteiger partial charge in [0.05, 0.1) is 17.3 Å². The van der Waals surface area contributed by atoms with Gasteiger partial charge in [-0.15, -0.1) is 0 Å². The Bertz CT molecular complexity index is 514. The highest BCUT2D eigenvalue weighted by molar-refractivity contribution is 9.11. The lowest BCUT2D eigenvalue weighted by Gasteiger charge is -2.11. The molecule has 5 heteroatoms. The molecule has 0 aliphatic carbocycles. The van der Waals surface area contributed by atoms with Crippen LogP contribution in [0.15, 0.2) is 37.9 Å². The number of hydrogen-bond donors (Lipinski definition) is 1.